The minimum absolute atomic E-state index is 0.00435. The number of alkyl halides is 3. The molecular formula is C15H14F3N5O3S. The van der Waals surface area contributed by atoms with E-state index in [4.69, 9.17) is 0 Å². The number of nitrogens with one attached hydrogen (secondary N) is 2. The fourth-order valence-electron chi connectivity index (χ4n) is 2.53. The van der Waals surface area contributed by atoms with Gasteiger partial charge in [-0.2, -0.15) is 13.2 Å². The van der Waals surface area contributed by atoms with Crippen LogP contribution in [-0.2, 0) is 16.9 Å². The van der Waals surface area contributed by atoms with E-state index in [1.807, 2.05) is 5.43 Å². The summed E-state index contributed by atoms with van der Waals surface area (Å²) in [5.41, 5.74) is 3.20. The second kappa shape index (κ2) is 6.37. The molecule has 2 aromatic heterocycles. The Kier molecular flexibility index (Phi) is 4.46. The number of aldehydes is 1. The summed E-state index contributed by atoms with van der Waals surface area (Å²) in [5.74, 6) is -0.0228. The molecule has 0 radical (unpaired) electrons. The zero-order valence-corrected chi connectivity index (χ0v) is 14.9. The van der Waals surface area contributed by atoms with E-state index in [2.05, 4.69) is 15.4 Å². The van der Waals surface area contributed by atoms with Gasteiger partial charge in [0.15, 0.2) is 27.8 Å². The molecule has 0 bridgehead atoms. The summed E-state index contributed by atoms with van der Waals surface area (Å²) < 4.78 is 64.8. The lowest BCUT2D eigenvalue weighted by atomic mass is 10.3. The van der Waals surface area contributed by atoms with Gasteiger partial charge in [0, 0.05) is 7.05 Å². The maximum atomic E-state index is 12.9. The Bertz CT molecular complexity index is 1060. The van der Waals surface area contributed by atoms with Crippen LogP contribution in [-0.4, -0.2) is 41.2 Å². The number of allylic oxidation sites excluding steroid dienone is 1. The van der Waals surface area contributed by atoms with Crippen molar-refractivity contribution in [2.24, 2.45) is 7.05 Å². The van der Waals surface area contributed by atoms with Crippen molar-refractivity contribution >= 4 is 28.0 Å². The Morgan fingerprint density at radius 3 is 2.52 bits per heavy atom. The number of pyridine rings is 1. The van der Waals surface area contributed by atoms with Gasteiger partial charge < -0.3 is 4.57 Å². The number of carbonyl (C=O) groups is 1. The molecular weight excluding hydrogens is 387 g/mol. The molecule has 0 saturated carbocycles. The molecule has 0 atom stereocenters. The molecule has 0 spiro atoms. The zero-order valence-electron chi connectivity index (χ0n) is 14.1. The summed E-state index contributed by atoms with van der Waals surface area (Å²) in [6.07, 6.45) is -3.38. The third-order valence-corrected chi connectivity index (χ3v) is 5.71. The number of aromatic nitrogens is 3. The first-order valence-electron chi connectivity index (χ1n) is 7.65. The second-order valence-electron chi connectivity index (χ2n) is 5.64. The quantitative estimate of drug-likeness (QED) is 0.754. The van der Waals surface area contributed by atoms with Crippen molar-refractivity contribution in [2.45, 2.75) is 18.0 Å². The SMILES string of the molecule is CCS(=O)(=O)c1ccc(C=O)nc1-c1nc2c(n1C)NNC(C(F)(F)F)=C2. The summed E-state index contributed by atoms with van der Waals surface area (Å²) in [4.78, 5) is 19.0. The van der Waals surface area contributed by atoms with Crippen LogP contribution < -0.4 is 10.9 Å². The summed E-state index contributed by atoms with van der Waals surface area (Å²) in [6, 6.07) is 2.49. The highest BCUT2D eigenvalue weighted by molar-refractivity contribution is 7.91. The molecule has 3 rings (SSSR count). The predicted octanol–water partition coefficient (Wildman–Crippen LogP) is 1.92. The molecule has 1 aliphatic heterocycles. The van der Waals surface area contributed by atoms with Crippen molar-refractivity contribution in [3.63, 3.8) is 0 Å². The fraction of sp³-hybridized carbons (Fsp3) is 0.267. The largest absolute Gasteiger partial charge is 0.432 e. The molecule has 0 unspecified atom stereocenters. The highest BCUT2D eigenvalue weighted by atomic mass is 32.2. The molecule has 2 aromatic rings. The molecule has 3 heterocycles. The van der Waals surface area contributed by atoms with Crippen LogP contribution in [0.2, 0.25) is 0 Å². The molecule has 1 aliphatic rings. The number of hydrogen-bond donors (Lipinski definition) is 2. The van der Waals surface area contributed by atoms with Gasteiger partial charge in [-0.05, 0) is 18.2 Å². The van der Waals surface area contributed by atoms with Gasteiger partial charge in [-0.25, -0.2) is 18.4 Å². The fourth-order valence-corrected chi connectivity index (χ4v) is 3.54. The van der Waals surface area contributed by atoms with Gasteiger partial charge in [0.05, 0.1) is 10.6 Å². The number of carbonyl (C=O) groups excluding carboxylic acids is 1. The third-order valence-electron chi connectivity index (χ3n) is 3.95. The van der Waals surface area contributed by atoms with Crippen LogP contribution in [0.1, 0.15) is 23.1 Å². The topological polar surface area (TPSA) is 106 Å². The smallest absolute Gasteiger partial charge is 0.311 e. The molecule has 144 valence electrons. The summed E-state index contributed by atoms with van der Waals surface area (Å²) in [6.45, 7) is 1.44. The lowest BCUT2D eigenvalue weighted by Crippen LogP contribution is -2.33. The van der Waals surface area contributed by atoms with Gasteiger partial charge in [0.2, 0.25) is 0 Å². The number of sulfone groups is 1. The molecule has 0 saturated heterocycles. The Balaban J connectivity index is 2.24. The maximum absolute atomic E-state index is 12.9. The number of imidazole rings is 1. The number of anilines is 1. The first-order chi connectivity index (χ1) is 12.6. The number of hydrazine groups is 1. The molecule has 0 aromatic carbocycles. The van der Waals surface area contributed by atoms with Crippen LogP contribution in [0.4, 0.5) is 19.0 Å². The third kappa shape index (κ3) is 3.27. The normalized spacial score (nSPS) is 14.0. The van der Waals surface area contributed by atoms with Gasteiger partial charge in [0.25, 0.3) is 0 Å². The average molecular weight is 401 g/mol. The van der Waals surface area contributed by atoms with Gasteiger partial charge in [0.1, 0.15) is 22.8 Å². The standard InChI is InChI=1S/C15H14F3N5O3S/c1-3-27(25,26)10-5-4-8(7-24)19-12(10)14-20-9-6-11(15(16,17)18)21-22-13(9)23(14)2/h4-7,21-22H,3H2,1-2H3. The van der Waals surface area contributed by atoms with E-state index in [-0.39, 0.29) is 39.4 Å². The maximum Gasteiger partial charge on any atom is 0.432 e. The average Bonchev–Trinajstić information content (AvgIpc) is 2.96. The molecule has 2 N–H and O–H groups in total. The van der Waals surface area contributed by atoms with Gasteiger partial charge in [-0.15, -0.1) is 0 Å². The first-order valence-corrected chi connectivity index (χ1v) is 9.30. The number of nitrogens with zero attached hydrogens (tertiary/aromatic N) is 3. The Morgan fingerprint density at radius 2 is 1.93 bits per heavy atom. The van der Waals surface area contributed by atoms with Crippen LogP contribution in [0.15, 0.2) is 22.7 Å². The lowest BCUT2D eigenvalue weighted by Gasteiger charge is -2.20. The molecule has 0 fully saturated rings. The van der Waals surface area contributed by atoms with Crippen molar-refractivity contribution in [1.82, 2.24) is 20.0 Å². The Labute approximate surface area is 152 Å². The molecule has 27 heavy (non-hydrogen) atoms. The van der Waals surface area contributed by atoms with Gasteiger partial charge in [-0.3, -0.25) is 15.6 Å². The van der Waals surface area contributed by atoms with Crippen molar-refractivity contribution in [3.05, 3.63) is 29.2 Å². The Morgan fingerprint density at radius 1 is 1.22 bits per heavy atom. The zero-order chi connectivity index (χ0) is 20.0. The van der Waals surface area contributed by atoms with E-state index < -0.39 is 21.7 Å². The summed E-state index contributed by atoms with van der Waals surface area (Å²) in [5, 5.41) is 0. The van der Waals surface area contributed by atoms with E-state index in [0.717, 1.165) is 6.08 Å². The minimum atomic E-state index is -4.62. The molecule has 12 heteroatoms. The minimum Gasteiger partial charge on any atom is -0.311 e. The van der Waals surface area contributed by atoms with Crippen LogP contribution in [0.5, 0.6) is 0 Å². The van der Waals surface area contributed by atoms with Crippen molar-refractivity contribution in [3.8, 4) is 11.5 Å². The molecule has 0 aliphatic carbocycles. The van der Waals surface area contributed by atoms with Crippen molar-refractivity contribution < 1.29 is 26.4 Å². The van der Waals surface area contributed by atoms with Crippen LogP contribution in [0.25, 0.3) is 17.6 Å². The van der Waals surface area contributed by atoms with Crippen LogP contribution in [0.3, 0.4) is 0 Å². The number of rotatable bonds is 4. The van der Waals surface area contributed by atoms with Gasteiger partial charge >= 0.3 is 6.18 Å². The predicted molar refractivity (Wildman–Crippen MR) is 90.3 cm³/mol. The second-order valence-corrected chi connectivity index (χ2v) is 7.88. The molecule has 0 amide bonds. The van der Waals surface area contributed by atoms with E-state index in [1.165, 1.54) is 30.7 Å². The molecule has 8 nitrogen and oxygen atoms in total. The van der Waals surface area contributed by atoms with E-state index >= 15 is 0 Å². The highest BCUT2D eigenvalue weighted by Crippen LogP contribution is 2.34. The van der Waals surface area contributed by atoms with E-state index in [0.29, 0.717) is 6.29 Å². The lowest BCUT2D eigenvalue weighted by molar-refractivity contribution is -0.0951. The van der Waals surface area contributed by atoms with Crippen LogP contribution >= 0.6 is 0 Å². The van der Waals surface area contributed by atoms with Crippen LogP contribution in [0, 0.1) is 0 Å². The number of fused-ring (bicyclic) bond motifs is 1. The number of halogens is 3. The Hall–Kier alpha value is -2.89. The first kappa shape index (κ1) is 18.9. The highest BCUT2D eigenvalue weighted by Gasteiger charge is 2.37. The summed E-state index contributed by atoms with van der Waals surface area (Å²) >= 11 is 0. The van der Waals surface area contributed by atoms with E-state index in [9.17, 15) is 26.4 Å². The van der Waals surface area contributed by atoms with E-state index in [1.54, 1.807) is 0 Å². The van der Waals surface area contributed by atoms with Crippen molar-refractivity contribution in [2.75, 3.05) is 11.2 Å². The monoisotopic (exact) mass is 401 g/mol. The number of hydrogen-bond acceptors (Lipinski definition) is 7. The van der Waals surface area contributed by atoms with Crippen molar-refractivity contribution in [1.29, 1.82) is 0 Å². The van der Waals surface area contributed by atoms with Gasteiger partial charge in [-0.1, -0.05) is 6.92 Å². The summed E-state index contributed by atoms with van der Waals surface area (Å²) in [7, 11) is -2.23.